The molecule has 5 unspecified atom stereocenters. The number of aromatic nitrogens is 1. The third-order valence-electron chi connectivity index (χ3n) is 16.2. The van der Waals surface area contributed by atoms with Crippen LogP contribution in [0.2, 0.25) is 0 Å². The first-order chi connectivity index (χ1) is 23.5. The molecule has 282 valence electrons. The van der Waals surface area contributed by atoms with Crippen LogP contribution in [0.1, 0.15) is 143 Å². The van der Waals surface area contributed by atoms with Gasteiger partial charge in [0.2, 0.25) is 0 Å². The highest BCUT2D eigenvalue weighted by molar-refractivity contribution is 5.96. The summed E-state index contributed by atoms with van der Waals surface area (Å²) in [5.41, 5.74) is 6.15. The van der Waals surface area contributed by atoms with Gasteiger partial charge in [0.05, 0.1) is 17.4 Å². The number of aryl methyl sites for hydroxylation is 1. The molecule has 5 aliphatic carbocycles. The van der Waals surface area contributed by atoms with Gasteiger partial charge in [-0.1, -0.05) is 48.5 Å². The molecule has 1 aromatic rings. The van der Waals surface area contributed by atoms with Gasteiger partial charge in [0, 0.05) is 46.7 Å². The summed E-state index contributed by atoms with van der Waals surface area (Å²) in [5, 5.41) is 13.1. The Morgan fingerprint density at radius 3 is 2.31 bits per heavy atom. The molecule has 9 heteroatoms. The number of hydrogen-bond donors (Lipinski definition) is 3. The molecule has 9 nitrogen and oxygen atoms in total. The van der Waals surface area contributed by atoms with Crippen LogP contribution < -0.4 is 11.1 Å². The van der Waals surface area contributed by atoms with Crippen molar-refractivity contribution in [1.29, 1.82) is 0 Å². The van der Waals surface area contributed by atoms with Gasteiger partial charge in [0.15, 0.2) is 0 Å². The van der Waals surface area contributed by atoms with E-state index in [-0.39, 0.29) is 63.6 Å². The van der Waals surface area contributed by atoms with Crippen molar-refractivity contribution in [2.75, 3.05) is 0 Å². The first kappa shape index (κ1) is 37.9. The Morgan fingerprint density at radius 2 is 1.69 bits per heavy atom. The van der Waals surface area contributed by atoms with E-state index in [9.17, 15) is 24.3 Å². The number of fused-ring (bicyclic) bond motifs is 7. The molecule has 1 heterocycles. The van der Waals surface area contributed by atoms with Crippen LogP contribution in [0.15, 0.2) is 18.3 Å². The lowest BCUT2D eigenvalue weighted by molar-refractivity contribution is -0.253. The number of nitrogens with one attached hydrogen (secondary N) is 1. The Kier molecular flexibility index (Phi) is 9.00. The summed E-state index contributed by atoms with van der Waals surface area (Å²) >= 11 is 0. The van der Waals surface area contributed by atoms with Gasteiger partial charge < -0.3 is 20.9 Å². The molecule has 0 spiro atoms. The summed E-state index contributed by atoms with van der Waals surface area (Å²) in [6.07, 6.45) is 8.51. The summed E-state index contributed by atoms with van der Waals surface area (Å²) in [5.74, 6) is -0.965. The summed E-state index contributed by atoms with van der Waals surface area (Å²) in [7, 11) is 0. The number of hydrogen-bond acceptors (Lipinski definition) is 7. The summed E-state index contributed by atoms with van der Waals surface area (Å²) in [6, 6.07) is 3.55. The number of esters is 1. The molecule has 4 N–H and O–H groups in total. The quantitative estimate of drug-likeness (QED) is 0.251. The molecule has 0 aromatic carbocycles. The average Bonchev–Trinajstić information content (AvgIpc) is 3.32. The van der Waals surface area contributed by atoms with Gasteiger partial charge in [-0.15, -0.1) is 0 Å². The molecule has 10 atom stereocenters. The van der Waals surface area contributed by atoms with Crippen molar-refractivity contribution in [2.24, 2.45) is 62.4 Å². The zero-order valence-corrected chi connectivity index (χ0v) is 32.8. The van der Waals surface area contributed by atoms with Crippen LogP contribution in [0.5, 0.6) is 0 Å². The lowest BCUT2D eigenvalue weighted by Crippen LogP contribution is -2.79. The van der Waals surface area contributed by atoms with Gasteiger partial charge in [-0.3, -0.25) is 24.2 Å². The monoisotopic (exact) mass is 705 g/mol. The molecule has 5 fully saturated rings. The predicted octanol–water partition coefficient (Wildman–Crippen LogP) is 7.28. The first-order valence-electron chi connectivity index (χ1n) is 19.5. The molecular weight excluding hydrogens is 642 g/mol. The summed E-state index contributed by atoms with van der Waals surface area (Å²) in [4.78, 5) is 57.1. The van der Waals surface area contributed by atoms with Gasteiger partial charge in [0.25, 0.3) is 5.91 Å². The summed E-state index contributed by atoms with van der Waals surface area (Å²) in [6.45, 7) is 21.2. The molecule has 6 rings (SSSR count). The molecule has 0 bridgehead atoms. The van der Waals surface area contributed by atoms with Gasteiger partial charge in [-0.2, -0.15) is 0 Å². The molecule has 5 saturated carbocycles. The zero-order valence-electron chi connectivity index (χ0n) is 32.8. The lowest BCUT2D eigenvalue weighted by Gasteiger charge is -2.75. The highest BCUT2D eigenvalue weighted by Gasteiger charge is 2.76. The highest BCUT2D eigenvalue weighted by atomic mass is 16.5. The number of rotatable bonds is 7. The van der Waals surface area contributed by atoms with E-state index in [4.69, 9.17) is 10.5 Å². The number of Topliss-reactive ketones (excluding diaryl/α,β-unsaturated/α-hetero) is 1. The topological polar surface area (TPSA) is 149 Å². The van der Waals surface area contributed by atoms with Gasteiger partial charge in [0.1, 0.15) is 11.9 Å². The molecule has 0 aliphatic heterocycles. The fraction of sp³-hybridized carbons (Fsp3) is 0.786. The second-order valence-corrected chi connectivity index (χ2v) is 19.9. The maximum Gasteiger partial charge on any atom is 0.309 e. The van der Waals surface area contributed by atoms with E-state index >= 15 is 0 Å². The van der Waals surface area contributed by atoms with Crippen molar-refractivity contribution in [3.8, 4) is 0 Å². The Bertz CT molecular complexity index is 1620. The van der Waals surface area contributed by atoms with Crippen molar-refractivity contribution >= 4 is 23.6 Å². The van der Waals surface area contributed by atoms with E-state index < -0.39 is 28.4 Å². The normalized spacial score (nSPS) is 41.5. The Balaban J connectivity index is 1.32. The summed E-state index contributed by atoms with van der Waals surface area (Å²) < 4.78 is 6.15. The van der Waals surface area contributed by atoms with E-state index in [1.807, 2.05) is 13.0 Å². The highest BCUT2D eigenvalue weighted by Crippen LogP contribution is 2.77. The van der Waals surface area contributed by atoms with Crippen LogP contribution in [0, 0.1) is 63.6 Å². The Labute approximate surface area is 305 Å². The van der Waals surface area contributed by atoms with Crippen LogP contribution in [0.3, 0.4) is 0 Å². The second kappa shape index (κ2) is 12.1. The van der Waals surface area contributed by atoms with E-state index in [0.717, 1.165) is 57.1 Å². The van der Waals surface area contributed by atoms with Crippen LogP contribution in [0.4, 0.5) is 0 Å². The van der Waals surface area contributed by atoms with E-state index in [1.165, 1.54) is 0 Å². The lowest BCUT2D eigenvalue weighted by atomic mass is 9.31. The molecular formula is C42H63N3O6. The number of ketones is 1. The van der Waals surface area contributed by atoms with Crippen LogP contribution in [-0.2, 0) is 19.1 Å². The third kappa shape index (κ3) is 5.43. The van der Waals surface area contributed by atoms with Crippen molar-refractivity contribution in [3.05, 3.63) is 29.6 Å². The largest absolute Gasteiger partial charge is 0.481 e. The fourth-order valence-electron chi connectivity index (χ4n) is 13.4. The Hall–Kier alpha value is -2.81. The number of amides is 1. The smallest absolute Gasteiger partial charge is 0.309 e. The number of carboxylic acids is 1. The van der Waals surface area contributed by atoms with Crippen LogP contribution >= 0.6 is 0 Å². The van der Waals surface area contributed by atoms with Crippen molar-refractivity contribution in [3.63, 3.8) is 0 Å². The minimum absolute atomic E-state index is 0.00498. The minimum atomic E-state index is -1.18. The van der Waals surface area contributed by atoms with Crippen molar-refractivity contribution in [1.82, 2.24) is 10.3 Å². The molecule has 5 aliphatic rings. The maximum absolute atomic E-state index is 14.1. The van der Waals surface area contributed by atoms with Crippen molar-refractivity contribution < 1.29 is 29.0 Å². The van der Waals surface area contributed by atoms with E-state index in [0.29, 0.717) is 23.8 Å². The van der Waals surface area contributed by atoms with Crippen molar-refractivity contribution in [2.45, 2.75) is 151 Å². The number of carboxylic acid groups (broad SMARTS) is 1. The molecule has 0 radical (unpaired) electrons. The van der Waals surface area contributed by atoms with Gasteiger partial charge >= 0.3 is 11.9 Å². The first-order valence-corrected chi connectivity index (χ1v) is 19.5. The standard InChI is InChI=1S/C42H63N3O6/c1-24(2)32-27(46)22-41(45-34(48)26-14-20-44-25(3)21-26)19-18-40(10)39(9)16-11-28-37(6,7)30(51-31(47)23-36(4,5)35(49)50)13-15-38(28,8)29(39)12-17-42(40,43)33(32)41/h14,20-21,24,28-30,32-33H,11-13,15-19,22-23,43H2,1-10H3,(H,45,48)(H,49,50)/t28?,29?,30-,32?,33?,38?,39+,40-,41+,42-/m0/s1. The SMILES string of the molecule is Cc1cc(C(=O)N[C@@]23CC[C@@]4(C)[C@]5(C)CCC6C(C)(CC[C@H](OC(=O)CC(C)(C)C(=O)O)C6(C)C)C5CC[C@]4(N)C2C(C(C)C)C(=O)C3)ccn1. The number of nitrogens with two attached hydrogens (primary N) is 1. The number of carbonyl (C=O) groups is 4. The Morgan fingerprint density at radius 1 is 1.02 bits per heavy atom. The third-order valence-corrected chi connectivity index (χ3v) is 16.2. The molecule has 1 aromatic heterocycles. The minimum Gasteiger partial charge on any atom is -0.481 e. The fourth-order valence-corrected chi connectivity index (χ4v) is 13.4. The second-order valence-electron chi connectivity index (χ2n) is 19.9. The molecule has 1 amide bonds. The van der Waals surface area contributed by atoms with Crippen LogP contribution in [-0.4, -0.2) is 50.9 Å². The zero-order chi connectivity index (χ0) is 37.7. The number of aliphatic carboxylic acids is 1. The number of ether oxygens (including phenoxy) is 1. The van der Waals surface area contributed by atoms with Crippen LogP contribution in [0.25, 0.3) is 0 Å². The molecule has 51 heavy (non-hydrogen) atoms. The number of pyridine rings is 1. The number of nitrogens with zero attached hydrogens (tertiary/aromatic N) is 1. The average molecular weight is 706 g/mol. The van der Waals surface area contributed by atoms with Gasteiger partial charge in [-0.05, 0) is 118 Å². The van der Waals surface area contributed by atoms with Gasteiger partial charge in [-0.25, -0.2) is 0 Å². The molecule has 0 saturated heterocycles. The van der Waals surface area contributed by atoms with E-state index in [1.54, 1.807) is 26.1 Å². The predicted molar refractivity (Wildman–Crippen MR) is 195 cm³/mol. The number of carbonyl (C=O) groups excluding carboxylic acids is 3. The van der Waals surface area contributed by atoms with E-state index in [2.05, 4.69) is 58.8 Å². The maximum atomic E-state index is 14.1.